The molecule has 0 spiro atoms. The van der Waals surface area contributed by atoms with E-state index in [2.05, 4.69) is 21.4 Å². The lowest BCUT2D eigenvalue weighted by atomic mass is 9.97. The number of likely N-dealkylation sites (tertiary alicyclic amines) is 1. The normalized spacial score (nSPS) is 21.8. The summed E-state index contributed by atoms with van der Waals surface area (Å²) in [7, 11) is 1.51. The number of aromatic nitrogens is 2. The van der Waals surface area contributed by atoms with Gasteiger partial charge in [0, 0.05) is 30.4 Å². The molecular weight excluding hydrogens is 446 g/mol. The molecule has 1 saturated carbocycles. The van der Waals surface area contributed by atoms with Crippen LogP contribution in [0.2, 0.25) is 0 Å². The van der Waals surface area contributed by atoms with Gasteiger partial charge < -0.3 is 14.8 Å². The summed E-state index contributed by atoms with van der Waals surface area (Å²) in [5.41, 5.74) is 2.05. The Balaban J connectivity index is 1.41. The molecule has 2 aliphatic rings. The molecule has 4 atom stereocenters. The van der Waals surface area contributed by atoms with Crippen molar-refractivity contribution in [1.29, 1.82) is 5.26 Å². The van der Waals surface area contributed by atoms with Crippen molar-refractivity contribution in [3.8, 4) is 23.2 Å². The van der Waals surface area contributed by atoms with Crippen LogP contribution in [-0.4, -0.2) is 57.7 Å². The summed E-state index contributed by atoms with van der Waals surface area (Å²) in [5, 5.41) is 12.6. The monoisotopic (exact) mass is 477 g/mol. The van der Waals surface area contributed by atoms with E-state index in [-0.39, 0.29) is 17.9 Å². The van der Waals surface area contributed by atoms with Gasteiger partial charge in [0.25, 0.3) is 0 Å². The molecule has 1 saturated heterocycles. The molecule has 4 unspecified atom stereocenters. The lowest BCUT2D eigenvalue weighted by molar-refractivity contribution is -0.128. The first-order valence-electron chi connectivity index (χ1n) is 11.8. The Hall–Kier alpha value is -3.67. The lowest BCUT2D eigenvalue weighted by Crippen LogP contribution is -2.55. The summed E-state index contributed by atoms with van der Waals surface area (Å²) < 4.78 is 10.6. The van der Waals surface area contributed by atoms with Crippen LogP contribution in [0.5, 0.6) is 6.01 Å². The highest BCUT2D eigenvalue weighted by molar-refractivity contribution is 5.87. The first kappa shape index (κ1) is 24.5. The van der Waals surface area contributed by atoms with Crippen LogP contribution < -0.4 is 10.1 Å². The van der Waals surface area contributed by atoms with Crippen molar-refractivity contribution in [3.63, 3.8) is 0 Å². The minimum atomic E-state index is -0.711. The summed E-state index contributed by atoms with van der Waals surface area (Å²) in [5.74, 6) is -0.195. The van der Waals surface area contributed by atoms with E-state index in [4.69, 9.17) is 9.47 Å². The van der Waals surface area contributed by atoms with Crippen LogP contribution in [-0.2, 0) is 16.0 Å². The number of rotatable bonds is 6. The maximum atomic E-state index is 13.2. The van der Waals surface area contributed by atoms with Gasteiger partial charge in [-0.05, 0) is 57.1 Å². The standard InChI is InChI=1S/C26H31N5O4/c1-26(2,3)35-25(33)31-21-10-9-18(12-21)22(31)23(32)30-20(13-27)11-16-5-7-17(8-6-16)19-14-28-24(34-4)29-15-19/h5-8,14-15,18,20-22H,9-12H2,1-4H3,(H,30,32). The van der Waals surface area contributed by atoms with Crippen LogP contribution in [0.25, 0.3) is 11.1 Å². The Morgan fingerprint density at radius 2 is 1.86 bits per heavy atom. The Morgan fingerprint density at radius 3 is 2.46 bits per heavy atom. The molecule has 35 heavy (non-hydrogen) atoms. The molecule has 4 rings (SSSR count). The van der Waals surface area contributed by atoms with Gasteiger partial charge in [0.2, 0.25) is 5.91 Å². The summed E-state index contributed by atoms with van der Waals surface area (Å²) in [6, 6.07) is 8.89. The summed E-state index contributed by atoms with van der Waals surface area (Å²) in [4.78, 5) is 35.9. The predicted octanol–water partition coefficient (Wildman–Crippen LogP) is 3.49. The van der Waals surface area contributed by atoms with Crippen molar-refractivity contribution in [2.24, 2.45) is 5.92 Å². The quantitative estimate of drug-likeness (QED) is 0.677. The van der Waals surface area contributed by atoms with Gasteiger partial charge in [0.1, 0.15) is 17.7 Å². The first-order chi connectivity index (χ1) is 16.7. The Labute approximate surface area is 205 Å². The van der Waals surface area contributed by atoms with Crippen LogP contribution in [0, 0.1) is 17.2 Å². The number of nitrogens with zero attached hydrogens (tertiary/aromatic N) is 4. The molecular formula is C26H31N5O4. The van der Waals surface area contributed by atoms with E-state index >= 15 is 0 Å². The maximum absolute atomic E-state index is 13.2. The Kier molecular flexibility index (Phi) is 6.92. The molecule has 2 bridgehead atoms. The highest BCUT2D eigenvalue weighted by atomic mass is 16.6. The molecule has 1 aliphatic carbocycles. The number of methoxy groups -OCH3 is 1. The minimum absolute atomic E-state index is 0.0145. The van der Waals surface area contributed by atoms with Crippen LogP contribution in [0.15, 0.2) is 36.7 Å². The van der Waals surface area contributed by atoms with E-state index in [1.165, 1.54) is 7.11 Å². The van der Waals surface area contributed by atoms with Gasteiger partial charge in [0.15, 0.2) is 0 Å². The van der Waals surface area contributed by atoms with Crippen LogP contribution in [0.3, 0.4) is 0 Å². The highest BCUT2D eigenvalue weighted by Gasteiger charge is 2.52. The van der Waals surface area contributed by atoms with Gasteiger partial charge in [-0.1, -0.05) is 24.3 Å². The number of carbonyl (C=O) groups is 2. The van der Waals surface area contributed by atoms with Gasteiger partial charge in [-0.25, -0.2) is 14.8 Å². The van der Waals surface area contributed by atoms with Gasteiger partial charge in [-0.15, -0.1) is 0 Å². The number of carbonyl (C=O) groups excluding carboxylic acids is 2. The molecule has 2 heterocycles. The Morgan fingerprint density at radius 1 is 1.17 bits per heavy atom. The molecule has 184 valence electrons. The molecule has 1 aliphatic heterocycles. The summed E-state index contributed by atoms with van der Waals surface area (Å²) in [6.07, 6.45) is 5.84. The summed E-state index contributed by atoms with van der Waals surface area (Å²) >= 11 is 0. The summed E-state index contributed by atoms with van der Waals surface area (Å²) in [6.45, 7) is 5.44. The Bertz CT molecular complexity index is 1100. The van der Waals surface area contributed by atoms with Crippen molar-refractivity contribution in [2.75, 3.05) is 7.11 Å². The van der Waals surface area contributed by atoms with Crippen LogP contribution in [0.4, 0.5) is 4.79 Å². The SMILES string of the molecule is COc1ncc(-c2ccc(CC(C#N)NC(=O)C3C4CCC(C4)N3C(=O)OC(C)(C)C)cc2)cn1. The van der Waals surface area contributed by atoms with Crippen molar-refractivity contribution in [3.05, 3.63) is 42.2 Å². The molecule has 0 radical (unpaired) electrons. The molecule has 2 aromatic rings. The molecule has 1 N–H and O–H groups in total. The predicted molar refractivity (Wildman–Crippen MR) is 128 cm³/mol. The van der Waals surface area contributed by atoms with Crippen molar-refractivity contribution in [2.45, 2.75) is 70.2 Å². The maximum Gasteiger partial charge on any atom is 0.411 e. The average Bonchev–Trinajstić information content (AvgIpc) is 3.45. The van der Waals surface area contributed by atoms with Crippen molar-refractivity contribution in [1.82, 2.24) is 20.2 Å². The lowest BCUT2D eigenvalue weighted by Gasteiger charge is -2.35. The first-order valence-corrected chi connectivity index (χ1v) is 11.8. The highest BCUT2D eigenvalue weighted by Crippen LogP contribution is 2.43. The fourth-order valence-corrected chi connectivity index (χ4v) is 4.93. The van der Waals surface area contributed by atoms with Gasteiger partial charge >= 0.3 is 12.1 Å². The van der Waals surface area contributed by atoms with Crippen molar-refractivity contribution >= 4 is 12.0 Å². The average molecular weight is 478 g/mol. The fourth-order valence-electron chi connectivity index (χ4n) is 4.93. The number of nitrogens with one attached hydrogen (secondary N) is 1. The number of benzene rings is 1. The number of ether oxygens (including phenoxy) is 2. The zero-order valence-electron chi connectivity index (χ0n) is 20.5. The number of hydrogen-bond donors (Lipinski definition) is 1. The third kappa shape index (κ3) is 5.53. The molecule has 9 heteroatoms. The van der Waals surface area contributed by atoms with E-state index in [1.807, 2.05) is 45.0 Å². The third-order valence-corrected chi connectivity index (χ3v) is 6.47. The number of amides is 2. The van der Waals surface area contributed by atoms with E-state index in [0.29, 0.717) is 12.4 Å². The fraction of sp³-hybridized carbons (Fsp3) is 0.500. The van der Waals surface area contributed by atoms with E-state index in [0.717, 1.165) is 36.0 Å². The number of nitriles is 1. The second kappa shape index (κ2) is 9.90. The topological polar surface area (TPSA) is 117 Å². The van der Waals surface area contributed by atoms with Gasteiger partial charge in [0.05, 0.1) is 13.2 Å². The zero-order chi connectivity index (χ0) is 25.2. The van der Waals surface area contributed by atoms with Gasteiger partial charge in [-0.3, -0.25) is 9.69 Å². The van der Waals surface area contributed by atoms with Crippen LogP contribution in [0.1, 0.15) is 45.6 Å². The second-order valence-electron chi connectivity index (χ2n) is 10.1. The van der Waals surface area contributed by atoms with Gasteiger partial charge in [-0.2, -0.15) is 5.26 Å². The minimum Gasteiger partial charge on any atom is -0.467 e. The second-order valence-corrected chi connectivity index (χ2v) is 10.1. The van der Waals surface area contributed by atoms with Crippen LogP contribution >= 0.6 is 0 Å². The van der Waals surface area contributed by atoms with Crippen molar-refractivity contribution < 1.29 is 19.1 Å². The number of piperidine rings is 1. The molecule has 2 fully saturated rings. The van der Waals surface area contributed by atoms with E-state index < -0.39 is 23.8 Å². The van der Waals surface area contributed by atoms with E-state index in [1.54, 1.807) is 17.3 Å². The zero-order valence-corrected chi connectivity index (χ0v) is 20.5. The largest absolute Gasteiger partial charge is 0.467 e. The van der Waals surface area contributed by atoms with E-state index in [9.17, 15) is 14.9 Å². The number of hydrogen-bond acceptors (Lipinski definition) is 7. The molecule has 1 aromatic carbocycles. The third-order valence-electron chi connectivity index (χ3n) is 6.47. The number of fused-ring (bicyclic) bond motifs is 2. The smallest absolute Gasteiger partial charge is 0.411 e. The molecule has 2 amide bonds. The molecule has 9 nitrogen and oxygen atoms in total. The molecule has 1 aromatic heterocycles.